The Labute approximate surface area is 128 Å². The van der Waals surface area contributed by atoms with E-state index in [1.165, 1.54) is 0 Å². The van der Waals surface area contributed by atoms with Crippen molar-refractivity contribution in [1.29, 1.82) is 0 Å². The van der Waals surface area contributed by atoms with Crippen molar-refractivity contribution in [3.63, 3.8) is 0 Å². The first kappa shape index (κ1) is 16.6. The summed E-state index contributed by atoms with van der Waals surface area (Å²) in [5, 5.41) is 0.605. The van der Waals surface area contributed by atoms with Crippen LogP contribution in [0.15, 0.2) is 12.1 Å². The van der Waals surface area contributed by atoms with Crippen LogP contribution in [0.2, 0.25) is 10.2 Å². The number of hydrogen-bond donors (Lipinski definition) is 0. The molecule has 0 spiro atoms. The first-order valence-corrected chi connectivity index (χ1v) is 7.94. The molecule has 0 aliphatic carbocycles. The maximum absolute atomic E-state index is 11.8. The molecule has 1 heterocycles. The van der Waals surface area contributed by atoms with Crippen LogP contribution in [0.5, 0.6) is 0 Å². The topological polar surface area (TPSA) is 39.2 Å². The molecule has 0 N–H and O–H groups in total. The van der Waals surface area contributed by atoms with Crippen molar-refractivity contribution in [3.05, 3.63) is 28.0 Å². The summed E-state index contributed by atoms with van der Waals surface area (Å²) in [6, 6.07) is 3.23. The van der Waals surface area contributed by atoms with Gasteiger partial charge in [-0.05, 0) is 31.2 Å². The highest BCUT2D eigenvalue weighted by molar-refractivity contribution is 8.00. The number of rotatable bonds is 7. The maximum Gasteiger partial charge on any atom is 0.319 e. The van der Waals surface area contributed by atoms with Gasteiger partial charge >= 0.3 is 5.97 Å². The normalized spacial score (nSPS) is 12.2. The van der Waals surface area contributed by atoms with Crippen molar-refractivity contribution in [2.75, 3.05) is 5.75 Å². The summed E-state index contributed by atoms with van der Waals surface area (Å²) < 4.78 is 5.19. The van der Waals surface area contributed by atoms with Gasteiger partial charge in [0.25, 0.3) is 0 Å². The van der Waals surface area contributed by atoms with Crippen LogP contribution < -0.4 is 0 Å². The van der Waals surface area contributed by atoms with Crippen LogP contribution in [0, 0.1) is 0 Å². The summed E-state index contributed by atoms with van der Waals surface area (Å²) in [4.78, 5) is 15.8. The second-order valence-electron chi connectivity index (χ2n) is 4.04. The van der Waals surface area contributed by atoms with E-state index in [4.69, 9.17) is 27.9 Å². The highest BCUT2D eigenvalue weighted by Gasteiger charge is 2.15. The van der Waals surface area contributed by atoms with Crippen molar-refractivity contribution >= 4 is 40.9 Å². The standard InChI is InChI=1S/C13H17Cl2NO2S/c1-3-4-7-19-9(2)13(17)18-8-11-10(14)5-6-12(15)16-11/h5-6,9H,3-4,7-8H2,1-2H3. The largest absolute Gasteiger partial charge is 0.458 e. The first-order valence-electron chi connectivity index (χ1n) is 6.13. The fraction of sp³-hybridized carbons (Fsp3) is 0.538. The van der Waals surface area contributed by atoms with Gasteiger partial charge in [0.15, 0.2) is 0 Å². The van der Waals surface area contributed by atoms with Gasteiger partial charge in [0.2, 0.25) is 0 Å². The number of esters is 1. The lowest BCUT2D eigenvalue weighted by atomic mass is 10.3. The molecule has 0 fully saturated rings. The number of hydrogen-bond acceptors (Lipinski definition) is 4. The van der Waals surface area contributed by atoms with Crippen LogP contribution in [0.3, 0.4) is 0 Å². The Morgan fingerprint density at radius 2 is 2.21 bits per heavy atom. The van der Waals surface area contributed by atoms with Crippen molar-refractivity contribution in [2.45, 2.75) is 38.5 Å². The monoisotopic (exact) mass is 321 g/mol. The van der Waals surface area contributed by atoms with Gasteiger partial charge in [-0.25, -0.2) is 4.98 Å². The molecule has 0 amide bonds. The molecule has 106 valence electrons. The molecule has 0 saturated carbocycles. The minimum Gasteiger partial charge on any atom is -0.458 e. The van der Waals surface area contributed by atoms with Crippen molar-refractivity contribution in [1.82, 2.24) is 4.98 Å². The van der Waals surface area contributed by atoms with Gasteiger partial charge in [0, 0.05) is 0 Å². The Bertz CT molecular complexity index is 429. The summed E-state index contributed by atoms with van der Waals surface area (Å²) in [5.41, 5.74) is 0.480. The predicted molar refractivity (Wildman–Crippen MR) is 80.9 cm³/mol. The predicted octanol–water partition coefficient (Wildman–Crippen LogP) is 4.35. The third-order valence-electron chi connectivity index (χ3n) is 2.43. The average molecular weight is 322 g/mol. The van der Waals surface area contributed by atoms with Gasteiger partial charge in [-0.2, -0.15) is 0 Å². The molecule has 1 unspecified atom stereocenters. The third kappa shape index (κ3) is 6.02. The number of halogens is 2. The lowest BCUT2D eigenvalue weighted by Crippen LogP contribution is -2.17. The fourth-order valence-electron chi connectivity index (χ4n) is 1.29. The molecule has 6 heteroatoms. The number of pyridine rings is 1. The molecule has 3 nitrogen and oxygen atoms in total. The summed E-state index contributed by atoms with van der Waals surface area (Å²) in [7, 11) is 0. The van der Waals surface area contributed by atoms with E-state index in [1.54, 1.807) is 23.9 Å². The van der Waals surface area contributed by atoms with Crippen LogP contribution in [0.25, 0.3) is 0 Å². The van der Waals surface area contributed by atoms with Crippen LogP contribution in [0.1, 0.15) is 32.4 Å². The van der Waals surface area contributed by atoms with Crippen molar-refractivity contribution < 1.29 is 9.53 Å². The number of aromatic nitrogens is 1. The molecule has 0 aliphatic heterocycles. The molecule has 1 rings (SSSR count). The summed E-state index contributed by atoms with van der Waals surface area (Å²) in [5.74, 6) is 0.710. The third-order valence-corrected chi connectivity index (χ3v) is 4.20. The second-order valence-corrected chi connectivity index (χ2v) is 6.28. The quantitative estimate of drug-likeness (QED) is 0.425. The average Bonchev–Trinajstić information content (AvgIpc) is 2.39. The highest BCUT2D eigenvalue weighted by atomic mass is 35.5. The number of unbranched alkanes of at least 4 members (excludes halogenated alkanes) is 1. The van der Waals surface area contributed by atoms with Gasteiger partial charge in [-0.3, -0.25) is 4.79 Å². The lowest BCUT2D eigenvalue weighted by molar-refractivity contribution is -0.144. The SMILES string of the molecule is CCCCSC(C)C(=O)OCc1nc(Cl)ccc1Cl. The minimum atomic E-state index is -0.251. The summed E-state index contributed by atoms with van der Waals surface area (Å²) in [6.07, 6.45) is 2.22. The molecule has 0 bridgehead atoms. The van der Waals surface area contributed by atoms with Gasteiger partial charge in [0.1, 0.15) is 11.8 Å². The van der Waals surface area contributed by atoms with Crippen LogP contribution in [0.4, 0.5) is 0 Å². The lowest BCUT2D eigenvalue weighted by Gasteiger charge is -2.11. The Morgan fingerprint density at radius 3 is 2.89 bits per heavy atom. The fourth-order valence-corrected chi connectivity index (χ4v) is 2.63. The van der Waals surface area contributed by atoms with Gasteiger partial charge in [-0.15, -0.1) is 11.8 Å². The smallest absolute Gasteiger partial charge is 0.319 e. The number of nitrogens with zero attached hydrogens (tertiary/aromatic N) is 1. The van der Waals surface area contributed by atoms with Gasteiger partial charge < -0.3 is 4.74 Å². The summed E-state index contributed by atoms with van der Waals surface area (Å²) in [6.45, 7) is 4.02. The number of carbonyl (C=O) groups is 1. The zero-order chi connectivity index (χ0) is 14.3. The molecule has 0 aliphatic rings. The molecule has 1 aromatic heterocycles. The van der Waals surface area contributed by atoms with E-state index in [0.717, 1.165) is 18.6 Å². The molecule has 1 atom stereocenters. The van der Waals surface area contributed by atoms with Crippen LogP contribution in [-0.2, 0) is 16.1 Å². The Balaban J connectivity index is 2.43. The van der Waals surface area contributed by atoms with Gasteiger partial charge in [0.05, 0.1) is 16.0 Å². The highest BCUT2D eigenvalue weighted by Crippen LogP contribution is 2.19. The first-order chi connectivity index (χ1) is 9.04. The molecular weight excluding hydrogens is 305 g/mol. The molecule has 1 aromatic rings. The van der Waals surface area contributed by atoms with E-state index >= 15 is 0 Å². The van der Waals surface area contributed by atoms with E-state index in [9.17, 15) is 4.79 Å². The minimum absolute atomic E-state index is 0.0525. The Morgan fingerprint density at radius 1 is 1.47 bits per heavy atom. The van der Waals surface area contributed by atoms with Gasteiger partial charge in [-0.1, -0.05) is 36.5 Å². The zero-order valence-electron chi connectivity index (χ0n) is 11.0. The van der Waals surface area contributed by atoms with E-state index in [2.05, 4.69) is 11.9 Å². The number of carbonyl (C=O) groups excluding carboxylic acids is 1. The summed E-state index contributed by atoms with van der Waals surface area (Å²) >= 11 is 13.3. The Kier molecular flexibility index (Phi) is 7.57. The molecule has 19 heavy (non-hydrogen) atoms. The maximum atomic E-state index is 11.8. The van der Waals surface area contributed by atoms with Crippen LogP contribution >= 0.6 is 35.0 Å². The number of ether oxygens (including phenoxy) is 1. The number of thioether (sulfide) groups is 1. The molecular formula is C13H17Cl2NO2S. The van der Waals surface area contributed by atoms with E-state index in [1.807, 2.05) is 6.92 Å². The molecule has 0 saturated heterocycles. The zero-order valence-corrected chi connectivity index (χ0v) is 13.3. The van der Waals surface area contributed by atoms with Crippen molar-refractivity contribution in [3.8, 4) is 0 Å². The van der Waals surface area contributed by atoms with Crippen LogP contribution in [-0.4, -0.2) is 22.0 Å². The van der Waals surface area contributed by atoms with E-state index in [-0.39, 0.29) is 17.8 Å². The van der Waals surface area contributed by atoms with Crippen molar-refractivity contribution in [2.24, 2.45) is 0 Å². The Hall–Kier alpha value is -0.450. The molecule has 0 aromatic carbocycles. The molecule has 0 radical (unpaired) electrons. The van der Waals surface area contributed by atoms with E-state index in [0.29, 0.717) is 15.9 Å². The van der Waals surface area contributed by atoms with E-state index < -0.39 is 0 Å². The second kappa shape index (κ2) is 8.67.